The summed E-state index contributed by atoms with van der Waals surface area (Å²) in [5.41, 5.74) is 3.32. The number of rotatable bonds is 7. The van der Waals surface area contributed by atoms with Crippen molar-refractivity contribution in [3.8, 4) is 17.0 Å². The molecule has 2 aromatic carbocycles. The number of nitrogens with zero attached hydrogens (tertiary/aromatic N) is 1. The van der Waals surface area contributed by atoms with Crippen molar-refractivity contribution < 1.29 is 18.3 Å². The number of benzene rings is 2. The Labute approximate surface area is 165 Å². The third-order valence-corrected chi connectivity index (χ3v) is 5.26. The van der Waals surface area contributed by atoms with E-state index >= 15 is 0 Å². The van der Waals surface area contributed by atoms with Crippen LogP contribution >= 0.6 is 0 Å². The average Bonchev–Trinajstić information content (AvgIpc) is 2.95. The van der Waals surface area contributed by atoms with Crippen molar-refractivity contribution in [2.45, 2.75) is 26.8 Å². The van der Waals surface area contributed by atoms with E-state index in [-0.39, 0.29) is 11.9 Å². The van der Waals surface area contributed by atoms with Crippen LogP contribution in [0.2, 0.25) is 0 Å². The number of aromatic nitrogens is 1. The highest BCUT2D eigenvalue weighted by atomic mass is 32.2. The van der Waals surface area contributed by atoms with Gasteiger partial charge in [-0.15, -0.1) is 0 Å². The largest absolute Gasteiger partial charge is 0.494 e. The molecule has 0 spiro atoms. The molecule has 0 saturated heterocycles. The van der Waals surface area contributed by atoms with Crippen molar-refractivity contribution in [3.05, 3.63) is 48.2 Å². The molecule has 0 saturated carbocycles. The Bertz CT molecular complexity index is 1100. The van der Waals surface area contributed by atoms with E-state index in [4.69, 9.17) is 4.74 Å². The Morgan fingerprint density at radius 3 is 2.64 bits per heavy atom. The van der Waals surface area contributed by atoms with Crippen molar-refractivity contribution in [1.82, 2.24) is 4.57 Å². The highest BCUT2D eigenvalue weighted by Gasteiger charge is 2.16. The normalized spacial score (nSPS) is 13.0. The molecule has 1 atom stereocenters. The van der Waals surface area contributed by atoms with Gasteiger partial charge in [-0.25, -0.2) is 8.42 Å². The molecule has 1 unspecified atom stereocenters. The van der Waals surface area contributed by atoms with Gasteiger partial charge in [-0.3, -0.25) is 4.72 Å². The quantitative estimate of drug-likeness (QED) is 0.618. The topological polar surface area (TPSA) is 80.6 Å². The minimum absolute atomic E-state index is 0.0116. The van der Waals surface area contributed by atoms with Gasteiger partial charge in [0.2, 0.25) is 10.0 Å². The maximum Gasteiger partial charge on any atom is 0.229 e. The summed E-state index contributed by atoms with van der Waals surface area (Å²) >= 11 is 0. The molecule has 2 N–H and O–H groups in total. The number of hydrogen-bond acceptors (Lipinski definition) is 4. The number of aryl methyl sites for hydroxylation is 1. The molecule has 0 bridgehead atoms. The van der Waals surface area contributed by atoms with Gasteiger partial charge in [0.25, 0.3) is 0 Å². The maximum absolute atomic E-state index is 11.5. The zero-order chi connectivity index (χ0) is 20.5. The molecule has 150 valence electrons. The second-order valence-corrected chi connectivity index (χ2v) is 8.83. The lowest BCUT2D eigenvalue weighted by atomic mass is 9.99. The Balaban J connectivity index is 2.04. The highest BCUT2D eigenvalue weighted by molar-refractivity contribution is 7.92. The summed E-state index contributed by atoms with van der Waals surface area (Å²) in [5, 5.41) is 12.4. The minimum atomic E-state index is -3.34. The summed E-state index contributed by atoms with van der Waals surface area (Å²) in [6.07, 6.45) is 3.06. The van der Waals surface area contributed by atoms with Crippen LogP contribution < -0.4 is 4.72 Å². The summed E-state index contributed by atoms with van der Waals surface area (Å²) in [6, 6.07) is 11.3. The molecule has 7 heteroatoms. The van der Waals surface area contributed by atoms with E-state index < -0.39 is 10.0 Å². The predicted octanol–water partition coefficient (Wildman–Crippen LogP) is 4.29. The predicted molar refractivity (Wildman–Crippen MR) is 113 cm³/mol. The van der Waals surface area contributed by atoms with Crippen LogP contribution in [0.5, 0.6) is 5.88 Å². The summed E-state index contributed by atoms with van der Waals surface area (Å²) in [4.78, 5) is 0. The number of fused-ring (bicyclic) bond motifs is 1. The molecule has 0 aliphatic carbocycles. The number of hydrogen-bond donors (Lipinski definition) is 2. The van der Waals surface area contributed by atoms with Gasteiger partial charge in [-0.2, -0.15) is 0 Å². The Morgan fingerprint density at radius 2 is 1.96 bits per heavy atom. The van der Waals surface area contributed by atoms with Crippen molar-refractivity contribution in [3.63, 3.8) is 0 Å². The molecule has 0 amide bonds. The number of anilines is 1. The second-order valence-electron chi connectivity index (χ2n) is 7.08. The fraction of sp³-hybridized carbons (Fsp3) is 0.333. The fourth-order valence-electron chi connectivity index (χ4n) is 3.41. The third-order valence-electron chi connectivity index (χ3n) is 4.65. The van der Waals surface area contributed by atoms with Crippen LogP contribution in [0.3, 0.4) is 0 Å². The number of aromatic hydroxyl groups is 1. The maximum atomic E-state index is 11.5. The molecule has 0 aliphatic heterocycles. The van der Waals surface area contributed by atoms with Gasteiger partial charge < -0.3 is 14.4 Å². The Morgan fingerprint density at radius 1 is 1.21 bits per heavy atom. The first kappa shape index (κ1) is 20.2. The zero-order valence-corrected chi connectivity index (χ0v) is 17.4. The lowest BCUT2D eigenvalue weighted by Crippen LogP contribution is -2.10. The van der Waals surface area contributed by atoms with Crippen LogP contribution in [0.15, 0.2) is 42.6 Å². The van der Waals surface area contributed by atoms with Gasteiger partial charge in [0.05, 0.1) is 18.9 Å². The van der Waals surface area contributed by atoms with Crippen molar-refractivity contribution in [2.24, 2.45) is 0 Å². The van der Waals surface area contributed by atoms with Gasteiger partial charge in [-0.05, 0) is 55.7 Å². The monoisotopic (exact) mass is 402 g/mol. The Hall–Kier alpha value is -2.51. The number of sulfonamides is 1. The van der Waals surface area contributed by atoms with Crippen molar-refractivity contribution in [1.29, 1.82) is 0 Å². The van der Waals surface area contributed by atoms with Gasteiger partial charge in [0.1, 0.15) is 0 Å². The van der Waals surface area contributed by atoms with Crippen molar-refractivity contribution >= 4 is 26.5 Å². The van der Waals surface area contributed by atoms with Crippen LogP contribution in [0, 0.1) is 6.92 Å². The molecule has 0 fully saturated rings. The van der Waals surface area contributed by atoms with E-state index in [1.165, 1.54) is 0 Å². The first-order chi connectivity index (χ1) is 13.2. The third kappa shape index (κ3) is 4.31. The van der Waals surface area contributed by atoms with Gasteiger partial charge in [0, 0.05) is 29.3 Å². The van der Waals surface area contributed by atoms with E-state index in [0.717, 1.165) is 33.7 Å². The van der Waals surface area contributed by atoms with Gasteiger partial charge >= 0.3 is 0 Å². The lowest BCUT2D eigenvalue weighted by molar-refractivity contribution is 0.116. The number of ether oxygens (including phenoxy) is 1. The smallest absolute Gasteiger partial charge is 0.229 e. The van der Waals surface area contributed by atoms with Crippen LogP contribution in [-0.4, -0.2) is 37.6 Å². The Kier molecular flexibility index (Phi) is 5.67. The first-order valence-electron chi connectivity index (χ1n) is 9.19. The summed E-state index contributed by atoms with van der Waals surface area (Å²) in [7, 11) is -3.34. The molecule has 1 aromatic heterocycles. The van der Waals surface area contributed by atoms with E-state index in [1.807, 2.05) is 55.8 Å². The van der Waals surface area contributed by atoms with E-state index in [9.17, 15) is 13.5 Å². The SMILES string of the molecule is CCOCC(C)n1cc2cc(-c3cccc(NS(C)(=O)=O)c3)cc(C)c2c1O. The molecule has 0 aliphatic rings. The van der Waals surface area contributed by atoms with Crippen LogP contribution in [0.4, 0.5) is 5.69 Å². The molecule has 3 rings (SSSR count). The standard InChI is InChI=1S/C21H26N2O4S/c1-5-27-13-15(3)23-12-18-10-17(9-14(2)20(18)21(23)24)16-7-6-8-19(11-16)22-28(4,25)26/h6-12,15,22,24H,5,13H2,1-4H3. The van der Waals surface area contributed by atoms with Crippen LogP contribution in [0.1, 0.15) is 25.5 Å². The molecule has 6 nitrogen and oxygen atoms in total. The van der Waals surface area contributed by atoms with E-state index in [1.54, 1.807) is 12.1 Å². The van der Waals surface area contributed by atoms with Gasteiger partial charge in [0.15, 0.2) is 5.88 Å². The first-order valence-corrected chi connectivity index (χ1v) is 11.1. The summed E-state index contributed by atoms with van der Waals surface area (Å²) < 4.78 is 32.8. The van der Waals surface area contributed by atoms with Crippen LogP contribution in [-0.2, 0) is 14.8 Å². The molecule has 0 radical (unpaired) electrons. The fourth-order valence-corrected chi connectivity index (χ4v) is 3.96. The van der Waals surface area contributed by atoms with E-state index in [0.29, 0.717) is 18.9 Å². The summed E-state index contributed by atoms with van der Waals surface area (Å²) in [5.74, 6) is 0.235. The molecular formula is C21H26N2O4S. The van der Waals surface area contributed by atoms with E-state index in [2.05, 4.69) is 4.72 Å². The van der Waals surface area contributed by atoms with Crippen molar-refractivity contribution in [2.75, 3.05) is 24.2 Å². The minimum Gasteiger partial charge on any atom is -0.494 e. The van der Waals surface area contributed by atoms with Crippen LogP contribution in [0.25, 0.3) is 21.9 Å². The molecular weight excluding hydrogens is 376 g/mol. The average molecular weight is 403 g/mol. The second kappa shape index (κ2) is 7.85. The lowest BCUT2D eigenvalue weighted by Gasteiger charge is -2.14. The summed E-state index contributed by atoms with van der Waals surface area (Å²) in [6.45, 7) is 7.07. The zero-order valence-electron chi connectivity index (χ0n) is 16.6. The van der Waals surface area contributed by atoms with Gasteiger partial charge in [-0.1, -0.05) is 18.2 Å². The number of nitrogens with one attached hydrogen (secondary N) is 1. The molecule has 3 aromatic rings. The molecule has 1 heterocycles. The molecule has 28 heavy (non-hydrogen) atoms. The highest BCUT2D eigenvalue weighted by Crippen LogP contribution is 2.36.